The first-order valence-corrected chi connectivity index (χ1v) is 5.94. The summed E-state index contributed by atoms with van der Waals surface area (Å²) in [5.41, 5.74) is 0.735. The number of phenolic OH excluding ortho intramolecular Hbond substituents is 1. The Morgan fingerprint density at radius 2 is 2.06 bits per heavy atom. The van der Waals surface area contributed by atoms with Gasteiger partial charge in [-0.2, -0.15) is 0 Å². The third-order valence-corrected chi connectivity index (χ3v) is 3.32. The van der Waals surface area contributed by atoms with Gasteiger partial charge in [0.1, 0.15) is 11.6 Å². The number of aryl methyl sites for hydroxylation is 1. The molecule has 2 N–H and O–H groups in total. The van der Waals surface area contributed by atoms with E-state index < -0.39 is 0 Å². The van der Waals surface area contributed by atoms with Crippen LogP contribution in [0.4, 0.5) is 4.39 Å². The SMILES string of the molecule is Oc1ccc(F)cc1CCC1CCNCC1. The Hall–Kier alpha value is -1.09. The molecule has 0 bridgehead atoms. The summed E-state index contributed by atoms with van der Waals surface area (Å²) < 4.78 is 13.0. The molecule has 1 fully saturated rings. The first-order chi connectivity index (χ1) is 7.75. The van der Waals surface area contributed by atoms with Crippen LogP contribution in [-0.2, 0) is 6.42 Å². The van der Waals surface area contributed by atoms with Crippen LogP contribution in [-0.4, -0.2) is 18.2 Å². The lowest BCUT2D eigenvalue weighted by atomic mass is 9.91. The molecule has 2 nitrogen and oxygen atoms in total. The number of hydrogen-bond donors (Lipinski definition) is 2. The fourth-order valence-corrected chi connectivity index (χ4v) is 2.28. The molecule has 0 atom stereocenters. The summed E-state index contributed by atoms with van der Waals surface area (Å²) in [6.45, 7) is 2.17. The molecule has 1 heterocycles. The molecular formula is C13H18FNO. The average molecular weight is 223 g/mol. The van der Waals surface area contributed by atoms with Gasteiger partial charge in [-0.05, 0) is 68.5 Å². The summed E-state index contributed by atoms with van der Waals surface area (Å²) >= 11 is 0. The molecule has 2 rings (SSSR count). The van der Waals surface area contributed by atoms with Crippen molar-refractivity contribution in [3.63, 3.8) is 0 Å². The summed E-state index contributed by atoms with van der Waals surface area (Å²) in [4.78, 5) is 0. The topological polar surface area (TPSA) is 32.3 Å². The molecule has 0 amide bonds. The van der Waals surface area contributed by atoms with Gasteiger partial charge in [0.2, 0.25) is 0 Å². The number of phenols is 1. The second-order valence-corrected chi connectivity index (χ2v) is 4.51. The molecule has 16 heavy (non-hydrogen) atoms. The van der Waals surface area contributed by atoms with Crippen molar-refractivity contribution in [2.24, 2.45) is 5.92 Å². The summed E-state index contributed by atoms with van der Waals surface area (Å²) in [6.07, 6.45) is 4.19. The predicted molar refractivity (Wildman–Crippen MR) is 62.0 cm³/mol. The van der Waals surface area contributed by atoms with E-state index in [1.807, 2.05) is 0 Å². The summed E-state index contributed by atoms with van der Waals surface area (Å²) in [5, 5.41) is 12.9. The van der Waals surface area contributed by atoms with Crippen molar-refractivity contribution in [2.45, 2.75) is 25.7 Å². The van der Waals surface area contributed by atoms with Gasteiger partial charge in [0.25, 0.3) is 0 Å². The fraction of sp³-hybridized carbons (Fsp3) is 0.538. The Morgan fingerprint density at radius 1 is 1.31 bits per heavy atom. The molecule has 3 heteroatoms. The average Bonchev–Trinajstić information content (AvgIpc) is 2.32. The summed E-state index contributed by atoms with van der Waals surface area (Å²) in [7, 11) is 0. The van der Waals surface area contributed by atoms with Gasteiger partial charge in [0.05, 0.1) is 0 Å². The van der Waals surface area contributed by atoms with E-state index in [1.165, 1.54) is 31.0 Å². The van der Waals surface area contributed by atoms with Crippen LogP contribution in [0, 0.1) is 11.7 Å². The highest BCUT2D eigenvalue weighted by molar-refractivity contribution is 5.32. The summed E-state index contributed by atoms with van der Waals surface area (Å²) in [6, 6.07) is 4.17. The van der Waals surface area contributed by atoms with Gasteiger partial charge in [0, 0.05) is 0 Å². The minimum Gasteiger partial charge on any atom is -0.508 e. The van der Waals surface area contributed by atoms with Crippen LogP contribution in [0.1, 0.15) is 24.8 Å². The van der Waals surface area contributed by atoms with Crippen LogP contribution in [0.25, 0.3) is 0 Å². The second kappa shape index (κ2) is 5.30. The third-order valence-electron chi connectivity index (χ3n) is 3.32. The molecule has 0 spiro atoms. The van der Waals surface area contributed by atoms with Crippen molar-refractivity contribution in [3.8, 4) is 5.75 Å². The lowest BCUT2D eigenvalue weighted by Gasteiger charge is -2.22. The van der Waals surface area contributed by atoms with Gasteiger partial charge < -0.3 is 10.4 Å². The van der Waals surface area contributed by atoms with E-state index in [2.05, 4.69) is 5.32 Å². The van der Waals surface area contributed by atoms with E-state index in [0.717, 1.165) is 31.5 Å². The quantitative estimate of drug-likeness (QED) is 0.825. The Kier molecular flexibility index (Phi) is 3.78. The van der Waals surface area contributed by atoms with Gasteiger partial charge in [0.15, 0.2) is 0 Å². The Labute approximate surface area is 95.5 Å². The molecule has 1 aliphatic heterocycles. The van der Waals surface area contributed by atoms with Crippen LogP contribution in [0.3, 0.4) is 0 Å². The molecule has 1 aliphatic rings. The zero-order valence-electron chi connectivity index (χ0n) is 9.38. The zero-order chi connectivity index (χ0) is 11.4. The first-order valence-electron chi connectivity index (χ1n) is 5.94. The molecule has 88 valence electrons. The van der Waals surface area contributed by atoms with Crippen molar-refractivity contribution < 1.29 is 9.50 Å². The number of hydrogen-bond acceptors (Lipinski definition) is 2. The van der Waals surface area contributed by atoms with E-state index >= 15 is 0 Å². The molecule has 1 aromatic carbocycles. The van der Waals surface area contributed by atoms with Crippen LogP contribution in [0.5, 0.6) is 5.75 Å². The normalized spacial score (nSPS) is 17.6. The Morgan fingerprint density at radius 3 is 2.81 bits per heavy atom. The fourth-order valence-electron chi connectivity index (χ4n) is 2.28. The van der Waals surface area contributed by atoms with Crippen molar-refractivity contribution in [2.75, 3.05) is 13.1 Å². The van der Waals surface area contributed by atoms with Gasteiger partial charge in [-0.25, -0.2) is 4.39 Å². The molecule has 1 saturated heterocycles. The van der Waals surface area contributed by atoms with Crippen LogP contribution in [0.15, 0.2) is 18.2 Å². The maximum Gasteiger partial charge on any atom is 0.123 e. The van der Waals surface area contributed by atoms with E-state index in [-0.39, 0.29) is 11.6 Å². The minimum absolute atomic E-state index is 0.218. The predicted octanol–water partition coefficient (Wildman–Crippen LogP) is 2.46. The van der Waals surface area contributed by atoms with Crippen molar-refractivity contribution in [3.05, 3.63) is 29.6 Å². The molecule has 0 radical (unpaired) electrons. The molecule has 0 saturated carbocycles. The highest BCUT2D eigenvalue weighted by Gasteiger charge is 2.13. The smallest absolute Gasteiger partial charge is 0.123 e. The number of halogens is 1. The Balaban J connectivity index is 1.90. The lowest BCUT2D eigenvalue weighted by Crippen LogP contribution is -2.27. The Bertz CT molecular complexity index is 348. The van der Waals surface area contributed by atoms with E-state index in [0.29, 0.717) is 5.92 Å². The molecule has 0 aromatic heterocycles. The van der Waals surface area contributed by atoms with Gasteiger partial charge >= 0.3 is 0 Å². The molecule has 0 unspecified atom stereocenters. The number of piperidine rings is 1. The van der Waals surface area contributed by atoms with Gasteiger partial charge in [-0.3, -0.25) is 0 Å². The zero-order valence-corrected chi connectivity index (χ0v) is 9.38. The number of rotatable bonds is 3. The highest BCUT2D eigenvalue weighted by atomic mass is 19.1. The molecular weight excluding hydrogens is 205 g/mol. The van der Waals surface area contributed by atoms with Crippen LogP contribution >= 0.6 is 0 Å². The molecule has 1 aromatic rings. The molecule has 0 aliphatic carbocycles. The van der Waals surface area contributed by atoms with Crippen molar-refractivity contribution >= 4 is 0 Å². The first kappa shape index (κ1) is 11.4. The van der Waals surface area contributed by atoms with Gasteiger partial charge in [-0.1, -0.05) is 0 Å². The van der Waals surface area contributed by atoms with Gasteiger partial charge in [-0.15, -0.1) is 0 Å². The largest absolute Gasteiger partial charge is 0.508 e. The van der Waals surface area contributed by atoms with Crippen molar-refractivity contribution in [1.82, 2.24) is 5.32 Å². The van der Waals surface area contributed by atoms with Crippen LogP contribution < -0.4 is 5.32 Å². The maximum absolute atomic E-state index is 13.0. The third kappa shape index (κ3) is 2.95. The van der Waals surface area contributed by atoms with Crippen molar-refractivity contribution in [1.29, 1.82) is 0 Å². The monoisotopic (exact) mass is 223 g/mol. The maximum atomic E-state index is 13.0. The summed E-state index contributed by atoms with van der Waals surface area (Å²) in [5.74, 6) is 0.664. The van der Waals surface area contributed by atoms with E-state index in [4.69, 9.17) is 0 Å². The highest BCUT2D eigenvalue weighted by Crippen LogP contribution is 2.24. The number of aromatic hydroxyl groups is 1. The second-order valence-electron chi connectivity index (χ2n) is 4.51. The van der Waals surface area contributed by atoms with E-state index in [9.17, 15) is 9.50 Å². The standard InChI is InChI=1S/C13H18FNO/c14-12-3-4-13(16)11(9-12)2-1-10-5-7-15-8-6-10/h3-4,9-10,15-16H,1-2,5-8H2. The number of nitrogens with one attached hydrogen (secondary N) is 1. The minimum atomic E-state index is -0.266. The lowest BCUT2D eigenvalue weighted by molar-refractivity contribution is 0.352. The van der Waals surface area contributed by atoms with Crippen LogP contribution in [0.2, 0.25) is 0 Å². The number of benzene rings is 1. The van der Waals surface area contributed by atoms with E-state index in [1.54, 1.807) is 0 Å².